The van der Waals surface area contributed by atoms with E-state index in [1.54, 1.807) is 7.11 Å². The third kappa shape index (κ3) is 3.49. The van der Waals surface area contributed by atoms with Crippen molar-refractivity contribution >= 4 is 15.9 Å². The van der Waals surface area contributed by atoms with Crippen LogP contribution in [-0.2, 0) is 0 Å². The molecule has 2 aromatic carbocycles. The fourth-order valence-corrected chi connectivity index (χ4v) is 2.10. The smallest absolute Gasteiger partial charge is 0.141 e. The van der Waals surface area contributed by atoms with Crippen molar-refractivity contribution in [3.8, 4) is 17.2 Å². The van der Waals surface area contributed by atoms with Crippen LogP contribution < -0.4 is 15.2 Å². The Balaban J connectivity index is 2.16. The number of halogens is 1. The van der Waals surface area contributed by atoms with E-state index in [1.165, 1.54) is 0 Å². The van der Waals surface area contributed by atoms with Gasteiger partial charge in [0, 0.05) is 6.04 Å². The first kappa shape index (κ1) is 13.9. The minimum atomic E-state index is 0.0294. The van der Waals surface area contributed by atoms with Crippen molar-refractivity contribution < 1.29 is 9.47 Å². The standard InChI is InChI=1S/C15H16BrNO2/c1-10(17)11-3-5-12(6-4-11)19-15-8-7-13(18-2)9-14(15)16/h3-10H,17H2,1-2H3. The van der Waals surface area contributed by atoms with Gasteiger partial charge < -0.3 is 15.2 Å². The quantitative estimate of drug-likeness (QED) is 0.914. The lowest BCUT2D eigenvalue weighted by Gasteiger charge is -2.10. The molecule has 0 aromatic heterocycles. The third-order valence-corrected chi connectivity index (χ3v) is 3.39. The zero-order valence-electron chi connectivity index (χ0n) is 10.9. The van der Waals surface area contributed by atoms with Crippen LogP contribution in [0, 0.1) is 0 Å². The van der Waals surface area contributed by atoms with Gasteiger partial charge >= 0.3 is 0 Å². The number of hydrogen-bond donors (Lipinski definition) is 1. The average Bonchev–Trinajstić information content (AvgIpc) is 2.41. The van der Waals surface area contributed by atoms with Gasteiger partial charge in [-0.25, -0.2) is 0 Å². The summed E-state index contributed by atoms with van der Waals surface area (Å²) in [7, 11) is 1.63. The Morgan fingerprint density at radius 3 is 2.21 bits per heavy atom. The molecule has 0 amide bonds. The highest BCUT2D eigenvalue weighted by Crippen LogP contribution is 2.32. The normalized spacial score (nSPS) is 12.0. The summed E-state index contributed by atoms with van der Waals surface area (Å²) in [6.07, 6.45) is 0. The summed E-state index contributed by atoms with van der Waals surface area (Å²) in [6, 6.07) is 13.4. The van der Waals surface area contributed by atoms with Gasteiger partial charge in [0.2, 0.25) is 0 Å². The minimum Gasteiger partial charge on any atom is -0.497 e. The summed E-state index contributed by atoms with van der Waals surface area (Å²) in [6.45, 7) is 1.95. The molecule has 0 aliphatic heterocycles. The Morgan fingerprint density at radius 1 is 1.05 bits per heavy atom. The van der Waals surface area contributed by atoms with Crippen LogP contribution in [0.25, 0.3) is 0 Å². The Hall–Kier alpha value is -1.52. The Morgan fingerprint density at radius 2 is 1.68 bits per heavy atom. The van der Waals surface area contributed by atoms with E-state index < -0.39 is 0 Å². The molecule has 0 bridgehead atoms. The summed E-state index contributed by atoms with van der Waals surface area (Å²) in [5.74, 6) is 2.30. The van der Waals surface area contributed by atoms with Gasteiger partial charge in [-0.15, -0.1) is 0 Å². The zero-order valence-corrected chi connectivity index (χ0v) is 12.5. The highest BCUT2D eigenvalue weighted by molar-refractivity contribution is 9.10. The fourth-order valence-electron chi connectivity index (χ4n) is 1.66. The molecule has 0 fully saturated rings. The second-order valence-electron chi connectivity index (χ2n) is 4.26. The van der Waals surface area contributed by atoms with E-state index in [1.807, 2.05) is 49.4 Å². The van der Waals surface area contributed by atoms with Gasteiger partial charge in [-0.1, -0.05) is 12.1 Å². The summed E-state index contributed by atoms with van der Waals surface area (Å²) < 4.78 is 11.8. The number of ether oxygens (including phenoxy) is 2. The predicted molar refractivity (Wildman–Crippen MR) is 79.8 cm³/mol. The van der Waals surface area contributed by atoms with Crippen LogP contribution in [0.4, 0.5) is 0 Å². The van der Waals surface area contributed by atoms with E-state index in [2.05, 4.69) is 15.9 Å². The molecule has 1 atom stereocenters. The van der Waals surface area contributed by atoms with Crippen molar-refractivity contribution in [1.82, 2.24) is 0 Å². The van der Waals surface area contributed by atoms with Crippen LogP contribution >= 0.6 is 15.9 Å². The first-order chi connectivity index (χ1) is 9.10. The molecule has 4 heteroatoms. The summed E-state index contributed by atoms with van der Waals surface area (Å²) >= 11 is 3.46. The van der Waals surface area contributed by atoms with Gasteiger partial charge in [-0.05, 0) is 58.7 Å². The molecule has 0 aliphatic carbocycles. The maximum Gasteiger partial charge on any atom is 0.141 e. The Kier molecular flexibility index (Phi) is 4.45. The third-order valence-electron chi connectivity index (χ3n) is 2.77. The van der Waals surface area contributed by atoms with Crippen molar-refractivity contribution in [2.24, 2.45) is 5.73 Å². The van der Waals surface area contributed by atoms with Crippen molar-refractivity contribution in [2.45, 2.75) is 13.0 Å². The van der Waals surface area contributed by atoms with E-state index >= 15 is 0 Å². The lowest BCUT2D eigenvalue weighted by atomic mass is 10.1. The van der Waals surface area contributed by atoms with Gasteiger partial charge in [0.1, 0.15) is 17.2 Å². The van der Waals surface area contributed by atoms with Crippen molar-refractivity contribution in [3.63, 3.8) is 0 Å². The lowest BCUT2D eigenvalue weighted by molar-refractivity contribution is 0.412. The number of nitrogens with two attached hydrogens (primary N) is 1. The molecular weight excluding hydrogens is 306 g/mol. The van der Waals surface area contributed by atoms with Crippen LogP contribution in [0.15, 0.2) is 46.9 Å². The number of methoxy groups -OCH3 is 1. The van der Waals surface area contributed by atoms with E-state index in [4.69, 9.17) is 15.2 Å². The fraction of sp³-hybridized carbons (Fsp3) is 0.200. The lowest BCUT2D eigenvalue weighted by Crippen LogP contribution is -2.04. The van der Waals surface area contributed by atoms with Crippen molar-refractivity contribution in [1.29, 1.82) is 0 Å². The van der Waals surface area contributed by atoms with Crippen LogP contribution in [-0.4, -0.2) is 7.11 Å². The zero-order chi connectivity index (χ0) is 13.8. The largest absolute Gasteiger partial charge is 0.497 e. The number of benzene rings is 2. The molecule has 2 aromatic rings. The Labute approximate surface area is 121 Å². The van der Waals surface area contributed by atoms with E-state index in [0.717, 1.165) is 27.3 Å². The van der Waals surface area contributed by atoms with E-state index in [0.29, 0.717) is 0 Å². The minimum absolute atomic E-state index is 0.0294. The molecule has 0 saturated carbocycles. The van der Waals surface area contributed by atoms with Gasteiger partial charge in [0.15, 0.2) is 0 Å². The molecule has 0 aliphatic rings. The molecule has 19 heavy (non-hydrogen) atoms. The van der Waals surface area contributed by atoms with Crippen molar-refractivity contribution in [2.75, 3.05) is 7.11 Å². The van der Waals surface area contributed by atoms with Gasteiger partial charge in [0.25, 0.3) is 0 Å². The van der Waals surface area contributed by atoms with E-state index in [-0.39, 0.29) is 6.04 Å². The Bertz CT molecular complexity index is 553. The molecule has 1 unspecified atom stereocenters. The maximum absolute atomic E-state index is 5.81. The molecule has 3 nitrogen and oxygen atoms in total. The molecule has 2 N–H and O–H groups in total. The summed E-state index contributed by atoms with van der Waals surface area (Å²) in [5, 5.41) is 0. The first-order valence-electron chi connectivity index (χ1n) is 5.97. The second kappa shape index (κ2) is 6.08. The number of rotatable bonds is 4. The molecule has 0 radical (unpaired) electrons. The number of hydrogen-bond acceptors (Lipinski definition) is 3. The van der Waals surface area contributed by atoms with Gasteiger partial charge in [0.05, 0.1) is 11.6 Å². The molecule has 0 saturated heterocycles. The van der Waals surface area contributed by atoms with Crippen LogP contribution in [0.3, 0.4) is 0 Å². The highest BCUT2D eigenvalue weighted by Gasteiger charge is 2.05. The monoisotopic (exact) mass is 321 g/mol. The van der Waals surface area contributed by atoms with Crippen LogP contribution in [0.5, 0.6) is 17.2 Å². The highest BCUT2D eigenvalue weighted by atomic mass is 79.9. The van der Waals surface area contributed by atoms with Gasteiger partial charge in [-0.2, -0.15) is 0 Å². The van der Waals surface area contributed by atoms with Crippen molar-refractivity contribution in [3.05, 3.63) is 52.5 Å². The molecule has 100 valence electrons. The first-order valence-corrected chi connectivity index (χ1v) is 6.76. The van der Waals surface area contributed by atoms with Gasteiger partial charge in [-0.3, -0.25) is 0 Å². The summed E-state index contributed by atoms with van der Waals surface area (Å²) in [4.78, 5) is 0. The molecule has 2 rings (SSSR count). The predicted octanol–water partition coefficient (Wildman–Crippen LogP) is 4.27. The van der Waals surface area contributed by atoms with E-state index in [9.17, 15) is 0 Å². The summed E-state index contributed by atoms with van der Waals surface area (Å²) in [5.41, 5.74) is 6.89. The average molecular weight is 322 g/mol. The molecule has 0 heterocycles. The second-order valence-corrected chi connectivity index (χ2v) is 5.11. The topological polar surface area (TPSA) is 44.5 Å². The SMILES string of the molecule is COc1ccc(Oc2ccc(C(C)N)cc2)c(Br)c1. The van der Waals surface area contributed by atoms with Crippen LogP contribution in [0.1, 0.15) is 18.5 Å². The maximum atomic E-state index is 5.81. The molecule has 0 spiro atoms. The van der Waals surface area contributed by atoms with Crippen LogP contribution in [0.2, 0.25) is 0 Å². The molecular formula is C15H16BrNO2.